The van der Waals surface area contributed by atoms with Crippen LogP contribution in [0, 0.1) is 5.41 Å². The van der Waals surface area contributed by atoms with Gasteiger partial charge in [-0.2, -0.15) is 0 Å². The molecule has 2 radical (unpaired) electrons. The molecule has 0 saturated carbocycles. The Labute approximate surface area is 228 Å². The van der Waals surface area contributed by atoms with Gasteiger partial charge in [-0.15, -0.1) is 0 Å². The molecule has 5 rings (SSSR count). The summed E-state index contributed by atoms with van der Waals surface area (Å²) in [5, 5.41) is 7.48. The number of rotatable bonds is 6. The van der Waals surface area contributed by atoms with Gasteiger partial charge in [0, 0.05) is 12.1 Å². The topological polar surface area (TPSA) is 42.3 Å². The van der Waals surface area contributed by atoms with Crippen molar-refractivity contribution in [3.05, 3.63) is 119 Å². The lowest BCUT2D eigenvalue weighted by atomic mass is 9.71. The zero-order valence-electron chi connectivity index (χ0n) is 22.6. The number of nitrogens with one attached hydrogen (secondary N) is 1. The zero-order chi connectivity index (χ0) is 26.9. The van der Waals surface area contributed by atoms with Crippen LogP contribution in [0.15, 0.2) is 108 Å². The average molecular weight is 497 g/mol. The van der Waals surface area contributed by atoms with Crippen LogP contribution in [0.1, 0.15) is 51.2 Å². The molecule has 1 aliphatic carbocycles. The Morgan fingerprint density at radius 2 is 1.42 bits per heavy atom. The first-order valence-corrected chi connectivity index (χ1v) is 13.2. The highest BCUT2D eigenvalue weighted by molar-refractivity contribution is 6.58. The highest BCUT2D eigenvalue weighted by Crippen LogP contribution is 2.53. The summed E-state index contributed by atoms with van der Waals surface area (Å²) in [6.45, 7) is 8.37. The summed E-state index contributed by atoms with van der Waals surface area (Å²) in [6, 6.07) is 27.2. The Balaban J connectivity index is 1.76. The minimum atomic E-state index is -0.506. The van der Waals surface area contributed by atoms with Crippen molar-refractivity contribution >= 4 is 32.2 Å². The van der Waals surface area contributed by atoms with Crippen LogP contribution in [0.2, 0.25) is 0 Å². The van der Waals surface area contributed by atoms with Gasteiger partial charge in [0.25, 0.3) is 0 Å². The van der Waals surface area contributed by atoms with Crippen LogP contribution in [0.25, 0.3) is 16.7 Å². The molecule has 0 unspecified atom stereocenters. The van der Waals surface area contributed by atoms with Crippen LogP contribution in [-0.2, 0) is 9.31 Å². The molecule has 3 aromatic carbocycles. The summed E-state index contributed by atoms with van der Waals surface area (Å²) >= 11 is 0. The smallest absolute Gasteiger partial charge is 0.399 e. The molecule has 0 bridgehead atoms. The van der Waals surface area contributed by atoms with Crippen molar-refractivity contribution in [2.45, 2.75) is 51.2 Å². The quantitative estimate of drug-likeness (QED) is 0.299. The van der Waals surface area contributed by atoms with Crippen molar-refractivity contribution in [2.75, 3.05) is 0 Å². The van der Waals surface area contributed by atoms with Gasteiger partial charge in [-0.1, -0.05) is 96.5 Å². The highest BCUT2D eigenvalue weighted by atomic mass is 16.7. The third-order valence-electron chi connectivity index (χ3n) is 8.07. The van der Waals surface area contributed by atoms with Gasteiger partial charge in [-0.05, 0) is 79.1 Å². The fourth-order valence-electron chi connectivity index (χ4n) is 5.45. The van der Waals surface area contributed by atoms with Crippen LogP contribution in [0.3, 0.4) is 0 Å². The summed E-state index contributed by atoms with van der Waals surface area (Å²) in [7, 11) is 5.96. The molecule has 1 heterocycles. The lowest BCUT2D eigenvalue weighted by Crippen LogP contribution is -2.41. The van der Waals surface area contributed by atoms with Gasteiger partial charge in [0.05, 0.1) is 11.2 Å². The summed E-state index contributed by atoms with van der Waals surface area (Å²) in [5.41, 5.74) is 7.82. The molecule has 0 amide bonds. The molecule has 1 saturated heterocycles. The fraction of sp³-hybridized carbons (Fsp3) is 0.242. The van der Waals surface area contributed by atoms with Gasteiger partial charge in [0.2, 0.25) is 0 Å². The lowest BCUT2D eigenvalue weighted by molar-refractivity contribution is 0.00578. The van der Waals surface area contributed by atoms with E-state index in [4.69, 9.17) is 22.6 Å². The van der Waals surface area contributed by atoms with E-state index in [9.17, 15) is 0 Å². The second kappa shape index (κ2) is 10.4. The minimum absolute atomic E-state index is 0.0712. The molecule has 5 heteroatoms. The Morgan fingerprint density at radius 3 is 2.08 bits per heavy atom. The zero-order valence-corrected chi connectivity index (χ0v) is 22.6. The largest absolute Gasteiger partial charge is 0.495 e. The molecule has 3 nitrogen and oxygen atoms in total. The van der Waals surface area contributed by atoms with Crippen molar-refractivity contribution in [2.24, 2.45) is 0 Å². The summed E-state index contributed by atoms with van der Waals surface area (Å²) in [6.07, 6.45) is 7.86. The molecule has 38 heavy (non-hydrogen) atoms. The van der Waals surface area contributed by atoms with E-state index in [1.54, 1.807) is 6.08 Å². The van der Waals surface area contributed by atoms with Crippen molar-refractivity contribution in [3.8, 4) is 11.1 Å². The van der Waals surface area contributed by atoms with Crippen LogP contribution < -0.4 is 5.46 Å². The molecular formula is C33H33B2NO2. The normalized spacial score (nSPS) is 21.5. The molecule has 0 spiro atoms. The van der Waals surface area contributed by atoms with E-state index in [2.05, 4.69) is 88.4 Å². The van der Waals surface area contributed by atoms with Crippen LogP contribution in [0.5, 0.6) is 0 Å². The predicted molar refractivity (Wildman–Crippen MR) is 160 cm³/mol. The van der Waals surface area contributed by atoms with Gasteiger partial charge in [-0.25, -0.2) is 0 Å². The van der Waals surface area contributed by atoms with Crippen LogP contribution in [-0.4, -0.2) is 32.4 Å². The Morgan fingerprint density at radius 1 is 0.816 bits per heavy atom. The Bertz CT molecular complexity index is 1420. The molecule has 3 aromatic rings. The first-order valence-electron chi connectivity index (χ1n) is 13.2. The van der Waals surface area contributed by atoms with Gasteiger partial charge in [0.15, 0.2) is 0 Å². The molecule has 1 N–H and O–H groups in total. The Hall–Kier alpha value is -3.40. The maximum Gasteiger partial charge on any atom is 0.495 e. The second-order valence-electron chi connectivity index (χ2n) is 11.0. The molecule has 1 aliphatic heterocycles. The number of benzene rings is 3. The van der Waals surface area contributed by atoms with Crippen molar-refractivity contribution in [3.63, 3.8) is 0 Å². The van der Waals surface area contributed by atoms with E-state index in [1.807, 2.05) is 30.3 Å². The van der Waals surface area contributed by atoms with Gasteiger partial charge < -0.3 is 14.7 Å². The molecular weight excluding hydrogens is 464 g/mol. The number of allylic oxidation sites excluding steroid dienone is 6. The SMILES string of the molecule is [B]c1ccccc1-c1ccccc1[C@@H]1C/C(=C\C=C/C=N)C(B2OC(C)(C)C(C)(C)O2)=C1c1ccccc1. The summed E-state index contributed by atoms with van der Waals surface area (Å²) in [4.78, 5) is 0. The van der Waals surface area contributed by atoms with Gasteiger partial charge in [0.1, 0.15) is 7.85 Å². The van der Waals surface area contributed by atoms with Gasteiger partial charge >= 0.3 is 7.12 Å². The second-order valence-corrected chi connectivity index (χ2v) is 11.0. The van der Waals surface area contributed by atoms with Crippen molar-refractivity contribution < 1.29 is 9.31 Å². The number of hydrogen-bond acceptors (Lipinski definition) is 3. The monoisotopic (exact) mass is 497 g/mol. The molecule has 1 atom stereocenters. The maximum absolute atomic E-state index is 7.48. The van der Waals surface area contributed by atoms with E-state index in [0.29, 0.717) is 0 Å². The fourth-order valence-corrected chi connectivity index (χ4v) is 5.45. The van der Waals surface area contributed by atoms with Crippen molar-refractivity contribution in [1.82, 2.24) is 0 Å². The van der Waals surface area contributed by atoms with E-state index in [-0.39, 0.29) is 5.92 Å². The number of hydrogen-bond donors (Lipinski definition) is 1. The maximum atomic E-state index is 7.48. The molecule has 1 fully saturated rings. The standard InChI is InChI=1S/C33H33B2NO2/c1-32(2)33(3,4)38-35(37-32)31-24(16-12-13-21-36)22-28(30(31)23-14-6-5-7-15-23)26-18-9-8-17-25(26)27-19-10-11-20-29(27)34/h5-21,28,36H,22H2,1-4H3/b13-12-,24-16+,36-21?/t28-/m0/s1. The first-order chi connectivity index (χ1) is 18.2. The van der Waals surface area contributed by atoms with E-state index in [1.165, 1.54) is 17.4 Å². The third-order valence-corrected chi connectivity index (χ3v) is 8.07. The van der Waals surface area contributed by atoms with Crippen LogP contribution in [0.4, 0.5) is 0 Å². The predicted octanol–water partition coefficient (Wildman–Crippen LogP) is 6.85. The van der Waals surface area contributed by atoms with E-state index in [0.717, 1.165) is 39.6 Å². The minimum Gasteiger partial charge on any atom is -0.399 e. The Kier molecular flexibility index (Phi) is 7.17. The molecule has 2 aliphatic rings. The first kappa shape index (κ1) is 26.2. The highest BCUT2D eigenvalue weighted by Gasteiger charge is 2.54. The lowest BCUT2D eigenvalue weighted by Gasteiger charge is -2.32. The molecule has 188 valence electrons. The summed E-state index contributed by atoms with van der Waals surface area (Å²) < 4.78 is 13.3. The average Bonchev–Trinajstić information content (AvgIpc) is 3.38. The van der Waals surface area contributed by atoms with E-state index >= 15 is 0 Å². The van der Waals surface area contributed by atoms with Crippen LogP contribution >= 0.6 is 0 Å². The third kappa shape index (κ3) is 4.77. The molecule has 0 aromatic heterocycles. The summed E-state index contributed by atoms with van der Waals surface area (Å²) in [5.74, 6) is 0.0712. The van der Waals surface area contributed by atoms with E-state index < -0.39 is 18.3 Å². The van der Waals surface area contributed by atoms with Crippen molar-refractivity contribution in [1.29, 1.82) is 5.41 Å². The van der Waals surface area contributed by atoms with Gasteiger partial charge in [-0.3, -0.25) is 0 Å².